The van der Waals surface area contributed by atoms with Crippen molar-refractivity contribution in [1.82, 2.24) is 0 Å². The zero-order valence-electron chi connectivity index (χ0n) is 11.6. The lowest BCUT2D eigenvalue weighted by molar-refractivity contribution is 0.127. The van der Waals surface area contributed by atoms with Crippen LogP contribution in [0.25, 0.3) is 5.57 Å². The Hall–Kier alpha value is -1.28. The molecule has 2 heteroatoms. The minimum atomic E-state index is 0.752. The summed E-state index contributed by atoms with van der Waals surface area (Å²) in [4.78, 5) is 0. The van der Waals surface area contributed by atoms with Crippen molar-refractivity contribution in [3.8, 4) is 5.75 Å². The fourth-order valence-corrected chi connectivity index (χ4v) is 1.58. The number of allylic oxidation sites excluding steroid dienone is 1. The predicted molar refractivity (Wildman–Crippen MR) is 77.0 cm³/mol. The summed E-state index contributed by atoms with van der Waals surface area (Å²) in [5.41, 5.74) is 2.24. The molecule has 18 heavy (non-hydrogen) atoms. The Morgan fingerprint density at radius 1 is 1.06 bits per heavy atom. The molecule has 100 valence electrons. The highest BCUT2D eigenvalue weighted by Gasteiger charge is 1.96. The minimum absolute atomic E-state index is 0.752. The second-order valence-corrected chi connectivity index (χ2v) is 4.47. The van der Waals surface area contributed by atoms with E-state index >= 15 is 0 Å². The van der Waals surface area contributed by atoms with E-state index in [1.54, 1.807) is 0 Å². The number of benzene rings is 1. The summed E-state index contributed by atoms with van der Waals surface area (Å²) in [7, 11) is 0. The quantitative estimate of drug-likeness (QED) is 0.606. The van der Waals surface area contributed by atoms with Gasteiger partial charge in [-0.3, -0.25) is 0 Å². The first-order valence-electron chi connectivity index (χ1n) is 6.70. The van der Waals surface area contributed by atoms with Gasteiger partial charge in [0.1, 0.15) is 5.75 Å². The van der Waals surface area contributed by atoms with Gasteiger partial charge in [-0.2, -0.15) is 0 Å². The maximum atomic E-state index is 5.66. The summed E-state index contributed by atoms with van der Waals surface area (Å²) in [6, 6.07) is 8.08. The van der Waals surface area contributed by atoms with Gasteiger partial charge in [0.2, 0.25) is 0 Å². The Kier molecular flexibility index (Phi) is 7.19. The molecule has 0 N–H and O–H groups in total. The van der Waals surface area contributed by atoms with Gasteiger partial charge in [0.25, 0.3) is 0 Å². The van der Waals surface area contributed by atoms with Crippen LogP contribution in [0.5, 0.6) is 5.75 Å². The molecule has 0 aromatic heterocycles. The second-order valence-electron chi connectivity index (χ2n) is 4.47. The number of ether oxygens (including phenoxy) is 2. The van der Waals surface area contributed by atoms with Crippen molar-refractivity contribution >= 4 is 5.57 Å². The van der Waals surface area contributed by atoms with Crippen molar-refractivity contribution in [3.05, 3.63) is 36.4 Å². The summed E-state index contributed by atoms with van der Waals surface area (Å²) in [5.74, 6) is 0.925. The van der Waals surface area contributed by atoms with E-state index in [9.17, 15) is 0 Å². The average Bonchev–Trinajstić information content (AvgIpc) is 2.38. The molecule has 1 rings (SSSR count). The Morgan fingerprint density at radius 3 is 2.33 bits per heavy atom. The topological polar surface area (TPSA) is 18.5 Å². The van der Waals surface area contributed by atoms with Crippen LogP contribution in [0.4, 0.5) is 0 Å². The Balaban J connectivity index is 2.14. The number of unbranched alkanes of at least 4 members (excludes halogenated alkanes) is 1. The molecule has 0 heterocycles. The highest BCUT2D eigenvalue weighted by atomic mass is 16.5. The first-order valence-corrected chi connectivity index (χ1v) is 6.70. The van der Waals surface area contributed by atoms with E-state index < -0.39 is 0 Å². The van der Waals surface area contributed by atoms with Gasteiger partial charge in [-0.25, -0.2) is 0 Å². The average molecular weight is 248 g/mol. The molecule has 0 aliphatic heterocycles. The number of rotatable bonds is 9. The van der Waals surface area contributed by atoms with E-state index in [-0.39, 0.29) is 0 Å². The number of hydrogen-bond acceptors (Lipinski definition) is 2. The Labute approximate surface area is 111 Å². The molecule has 0 unspecified atom stereocenters. The number of hydrogen-bond donors (Lipinski definition) is 0. The minimum Gasteiger partial charge on any atom is -0.494 e. The molecule has 0 fully saturated rings. The van der Waals surface area contributed by atoms with E-state index in [2.05, 4.69) is 13.5 Å². The van der Waals surface area contributed by atoms with E-state index in [1.165, 1.54) is 0 Å². The highest BCUT2D eigenvalue weighted by Crippen LogP contribution is 2.17. The lowest BCUT2D eigenvalue weighted by atomic mass is 10.1. The molecule has 0 spiro atoms. The van der Waals surface area contributed by atoms with E-state index in [0.717, 1.165) is 56.0 Å². The van der Waals surface area contributed by atoms with Gasteiger partial charge in [-0.1, -0.05) is 31.2 Å². The van der Waals surface area contributed by atoms with Gasteiger partial charge in [-0.05, 0) is 43.9 Å². The van der Waals surface area contributed by atoms with Crippen LogP contribution in [0.1, 0.15) is 38.7 Å². The van der Waals surface area contributed by atoms with Crippen LogP contribution in [0.3, 0.4) is 0 Å². The molecule has 0 saturated heterocycles. The first-order chi connectivity index (χ1) is 8.74. The van der Waals surface area contributed by atoms with Crippen LogP contribution < -0.4 is 4.74 Å². The maximum absolute atomic E-state index is 5.66. The third-order valence-corrected chi connectivity index (χ3v) is 2.65. The van der Waals surface area contributed by atoms with Crippen LogP contribution in [-0.4, -0.2) is 19.8 Å². The van der Waals surface area contributed by atoms with Crippen LogP contribution in [0, 0.1) is 0 Å². The smallest absolute Gasteiger partial charge is 0.119 e. The molecular weight excluding hydrogens is 224 g/mol. The molecule has 1 aromatic carbocycles. The van der Waals surface area contributed by atoms with Crippen molar-refractivity contribution < 1.29 is 9.47 Å². The van der Waals surface area contributed by atoms with Gasteiger partial charge >= 0.3 is 0 Å². The van der Waals surface area contributed by atoms with Crippen LogP contribution in [0.15, 0.2) is 30.8 Å². The molecule has 0 bridgehead atoms. The molecule has 0 radical (unpaired) electrons. The van der Waals surface area contributed by atoms with E-state index in [1.807, 2.05) is 31.2 Å². The third kappa shape index (κ3) is 5.87. The SMILES string of the molecule is C=C(C)c1ccc(OCCCCOCCC)cc1. The van der Waals surface area contributed by atoms with E-state index in [4.69, 9.17) is 9.47 Å². The van der Waals surface area contributed by atoms with Gasteiger partial charge in [0, 0.05) is 13.2 Å². The zero-order valence-corrected chi connectivity index (χ0v) is 11.6. The summed E-state index contributed by atoms with van der Waals surface area (Å²) in [6.45, 7) is 10.5. The third-order valence-electron chi connectivity index (χ3n) is 2.65. The van der Waals surface area contributed by atoms with Gasteiger partial charge in [0.05, 0.1) is 6.61 Å². The highest BCUT2D eigenvalue weighted by molar-refractivity contribution is 5.61. The summed E-state index contributed by atoms with van der Waals surface area (Å²) in [6.07, 6.45) is 3.18. The van der Waals surface area contributed by atoms with Crippen LogP contribution in [0.2, 0.25) is 0 Å². The molecule has 0 aliphatic carbocycles. The largest absolute Gasteiger partial charge is 0.494 e. The van der Waals surface area contributed by atoms with Gasteiger partial charge in [-0.15, -0.1) is 0 Å². The lowest BCUT2D eigenvalue weighted by Gasteiger charge is -2.07. The molecule has 1 aromatic rings. The monoisotopic (exact) mass is 248 g/mol. The summed E-state index contributed by atoms with van der Waals surface area (Å²) >= 11 is 0. The van der Waals surface area contributed by atoms with E-state index in [0.29, 0.717) is 0 Å². The van der Waals surface area contributed by atoms with Crippen LogP contribution in [-0.2, 0) is 4.74 Å². The second kappa shape index (κ2) is 8.76. The van der Waals surface area contributed by atoms with Crippen molar-refractivity contribution in [2.75, 3.05) is 19.8 Å². The fourth-order valence-electron chi connectivity index (χ4n) is 1.58. The van der Waals surface area contributed by atoms with Crippen molar-refractivity contribution in [1.29, 1.82) is 0 Å². The standard InChI is InChI=1S/C16H24O2/c1-4-11-17-12-5-6-13-18-16-9-7-15(8-10-16)14(2)3/h7-10H,2,4-6,11-13H2,1,3H3. The summed E-state index contributed by atoms with van der Waals surface area (Å²) in [5, 5.41) is 0. The fraction of sp³-hybridized carbons (Fsp3) is 0.500. The summed E-state index contributed by atoms with van der Waals surface area (Å²) < 4.78 is 11.1. The van der Waals surface area contributed by atoms with Crippen molar-refractivity contribution in [2.45, 2.75) is 33.1 Å². The van der Waals surface area contributed by atoms with Crippen LogP contribution >= 0.6 is 0 Å². The Bertz CT molecular complexity index is 341. The predicted octanol–water partition coefficient (Wildman–Crippen LogP) is 4.31. The molecule has 0 amide bonds. The molecule has 0 saturated carbocycles. The molecule has 0 aliphatic rings. The van der Waals surface area contributed by atoms with Crippen molar-refractivity contribution in [3.63, 3.8) is 0 Å². The molecule has 0 atom stereocenters. The van der Waals surface area contributed by atoms with Gasteiger partial charge < -0.3 is 9.47 Å². The first kappa shape index (κ1) is 14.8. The normalized spacial score (nSPS) is 10.3. The molecular formula is C16H24O2. The zero-order chi connectivity index (χ0) is 13.2. The molecule has 2 nitrogen and oxygen atoms in total. The lowest BCUT2D eigenvalue weighted by Crippen LogP contribution is -2.01. The Morgan fingerprint density at radius 2 is 1.72 bits per heavy atom. The maximum Gasteiger partial charge on any atom is 0.119 e. The van der Waals surface area contributed by atoms with Gasteiger partial charge in [0.15, 0.2) is 0 Å². The van der Waals surface area contributed by atoms with Crippen molar-refractivity contribution in [2.24, 2.45) is 0 Å².